The van der Waals surface area contributed by atoms with Crippen LogP contribution in [0.2, 0.25) is 0 Å². The first kappa shape index (κ1) is 12.7. The molecule has 0 amide bonds. The molecule has 0 saturated carbocycles. The Balaban J connectivity index is 2.22. The lowest BCUT2D eigenvalue weighted by Gasteiger charge is -2.30. The topological polar surface area (TPSA) is 32.5 Å². The van der Waals surface area contributed by atoms with Gasteiger partial charge in [-0.05, 0) is 45.1 Å². The molecule has 1 aromatic rings. The van der Waals surface area contributed by atoms with Crippen LogP contribution < -0.4 is 10.6 Å². The Kier molecular flexibility index (Phi) is 3.94. The Morgan fingerprint density at radius 3 is 2.94 bits per heavy atom. The van der Waals surface area contributed by atoms with Gasteiger partial charge in [-0.1, -0.05) is 15.9 Å². The van der Waals surface area contributed by atoms with Crippen LogP contribution >= 0.6 is 15.9 Å². The van der Waals surface area contributed by atoms with Crippen molar-refractivity contribution in [2.24, 2.45) is 0 Å². The molecule has 2 rings (SSSR count). The number of benzene rings is 1. The van der Waals surface area contributed by atoms with Gasteiger partial charge in [-0.25, -0.2) is 0 Å². The van der Waals surface area contributed by atoms with Crippen LogP contribution in [0.1, 0.15) is 12.8 Å². The first-order chi connectivity index (χ1) is 8.08. The average molecular weight is 298 g/mol. The van der Waals surface area contributed by atoms with Gasteiger partial charge in [-0.3, -0.25) is 0 Å². The molecule has 0 bridgehead atoms. The number of nitrogens with two attached hydrogens (primary N) is 1. The predicted molar refractivity (Wildman–Crippen MR) is 77.5 cm³/mol. The Bertz CT molecular complexity index is 392. The molecule has 1 heterocycles. The lowest BCUT2D eigenvalue weighted by Crippen LogP contribution is -2.37. The number of nitrogens with zero attached hydrogens (tertiary/aromatic N) is 2. The largest absolute Gasteiger partial charge is 0.397 e. The molecule has 17 heavy (non-hydrogen) atoms. The monoisotopic (exact) mass is 297 g/mol. The van der Waals surface area contributed by atoms with E-state index in [4.69, 9.17) is 5.73 Å². The van der Waals surface area contributed by atoms with Gasteiger partial charge in [0.05, 0.1) is 11.4 Å². The second-order valence-corrected chi connectivity index (χ2v) is 5.87. The van der Waals surface area contributed by atoms with Crippen molar-refractivity contribution < 1.29 is 0 Å². The highest BCUT2D eigenvalue weighted by Gasteiger charge is 2.26. The maximum absolute atomic E-state index is 6.09. The highest BCUT2D eigenvalue weighted by molar-refractivity contribution is 9.10. The number of halogens is 1. The van der Waals surface area contributed by atoms with Crippen molar-refractivity contribution in [3.63, 3.8) is 0 Å². The van der Waals surface area contributed by atoms with Crippen LogP contribution in [-0.4, -0.2) is 38.1 Å². The summed E-state index contributed by atoms with van der Waals surface area (Å²) in [5, 5.41) is 0. The van der Waals surface area contributed by atoms with Crippen molar-refractivity contribution in [2.45, 2.75) is 18.9 Å². The molecular formula is C13H20BrN3. The number of hydrogen-bond acceptors (Lipinski definition) is 3. The second-order valence-electron chi connectivity index (χ2n) is 4.95. The van der Waals surface area contributed by atoms with Crippen LogP contribution in [0.4, 0.5) is 11.4 Å². The third kappa shape index (κ3) is 2.93. The van der Waals surface area contributed by atoms with Gasteiger partial charge >= 0.3 is 0 Å². The number of hydrogen-bond donors (Lipinski definition) is 1. The molecule has 0 spiro atoms. The highest BCUT2D eigenvalue weighted by atomic mass is 79.9. The number of likely N-dealkylation sites (N-methyl/N-ethyl adjacent to an activating group) is 1. The van der Waals surface area contributed by atoms with Gasteiger partial charge in [0.25, 0.3) is 0 Å². The molecule has 1 fully saturated rings. The predicted octanol–water partition coefficient (Wildman–Crippen LogP) is 2.56. The highest BCUT2D eigenvalue weighted by Crippen LogP contribution is 2.32. The van der Waals surface area contributed by atoms with Crippen LogP contribution in [-0.2, 0) is 0 Å². The molecule has 3 nitrogen and oxygen atoms in total. The van der Waals surface area contributed by atoms with Crippen molar-refractivity contribution in [3.05, 3.63) is 22.7 Å². The van der Waals surface area contributed by atoms with Crippen LogP contribution in [0.5, 0.6) is 0 Å². The minimum Gasteiger partial charge on any atom is -0.397 e. The van der Waals surface area contributed by atoms with Crippen molar-refractivity contribution in [3.8, 4) is 0 Å². The zero-order chi connectivity index (χ0) is 12.4. The molecular weight excluding hydrogens is 278 g/mol. The molecule has 1 saturated heterocycles. The van der Waals surface area contributed by atoms with E-state index in [-0.39, 0.29) is 0 Å². The maximum Gasteiger partial charge on any atom is 0.0614 e. The van der Waals surface area contributed by atoms with Gasteiger partial charge in [0.1, 0.15) is 0 Å². The Morgan fingerprint density at radius 2 is 2.24 bits per heavy atom. The Morgan fingerprint density at radius 1 is 1.47 bits per heavy atom. The third-order valence-corrected chi connectivity index (χ3v) is 3.75. The van der Waals surface area contributed by atoms with Gasteiger partial charge < -0.3 is 15.5 Å². The molecule has 1 aromatic carbocycles. The molecule has 1 aliphatic heterocycles. The lowest BCUT2D eigenvalue weighted by molar-refractivity contribution is 0.372. The van der Waals surface area contributed by atoms with E-state index >= 15 is 0 Å². The summed E-state index contributed by atoms with van der Waals surface area (Å²) in [5.41, 5.74) is 8.13. The minimum atomic E-state index is 0.585. The van der Waals surface area contributed by atoms with E-state index < -0.39 is 0 Å². The number of anilines is 2. The molecule has 4 heteroatoms. The van der Waals surface area contributed by atoms with E-state index in [1.54, 1.807) is 0 Å². The standard InChI is InChI=1S/C13H20BrN3/c1-16(2)9-11-4-3-7-17(11)13-8-10(14)5-6-12(13)15/h5-6,8,11H,3-4,7,9,15H2,1-2H3. The van der Waals surface area contributed by atoms with E-state index in [1.807, 2.05) is 12.1 Å². The molecule has 0 aromatic heterocycles. The maximum atomic E-state index is 6.09. The van der Waals surface area contributed by atoms with E-state index in [0.717, 1.165) is 23.2 Å². The average Bonchev–Trinajstić information content (AvgIpc) is 2.69. The van der Waals surface area contributed by atoms with Crippen molar-refractivity contribution in [1.82, 2.24) is 4.90 Å². The first-order valence-electron chi connectivity index (χ1n) is 6.04. The van der Waals surface area contributed by atoms with Gasteiger partial charge in [0, 0.05) is 23.6 Å². The smallest absolute Gasteiger partial charge is 0.0614 e. The summed E-state index contributed by atoms with van der Waals surface area (Å²) in [5.74, 6) is 0. The summed E-state index contributed by atoms with van der Waals surface area (Å²) in [6, 6.07) is 6.69. The van der Waals surface area contributed by atoms with Crippen LogP contribution in [0.3, 0.4) is 0 Å². The quantitative estimate of drug-likeness (QED) is 0.871. The molecule has 0 aliphatic carbocycles. The Labute approximate surface area is 112 Å². The summed E-state index contributed by atoms with van der Waals surface area (Å²) < 4.78 is 1.09. The van der Waals surface area contributed by atoms with E-state index in [0.29, 0.717) is 6.04 Å². The number of rotatable bonds is 3. The van der Waals surface area contributed by atoms with E-state index in [1.165, 1.54) is 18.5 Å². The summed E-state index contributed by atoms with van der Waals surface area (Å²) in [4.78, 5) is 4.69. The molecule has 0 radical (unpaired) electrons. The summed E-state index contributed by atoms with van der Waals surface area (Å²) in [7, 11) is 4.25. The van der Waals surface area contributed by atoms with Crippen LogP contribution in [0.25, 0.3) is 0 Å². The Hall–Kier alpha value is -0.740. The van der Waals surface area contributed by atoms with Gasteiger partial charge in [0.15, 0.2) is 0 Å². The molecule has 94 valence electrons. The first-order valence-corrected chi connectivity index (χ1v) is 6.83. The summed E-state index contributed by atoms with van der Waals surface area (Å²) in [6.45, 7) is 2.20. The minimum absolute atomic E-state index is 0.585. The van der Waals surface area contributed by atoms with Crippen LogP contribution in [0, 0.1) is 0 Å². The SMILES string of the molecule is CN(C)CC1CCCN1c1cc(Br)ccc1N. The van der Waals surface area contributed by atoms with Gasteiger partial charge in [-0.2, -0.15) is 0 Å². The second kappa shape index (κ2) is 5.27. The third-order valence-electron chi connectivity index (χ3n) is 3.25. The molecule has 1 unspecified atom stereocenters. The zero-order valence-electron chi connectivity index (χ0n) is 10.5. The van der Waals surface area contributed by atoms with Gasteiger partial charge in [-0.15, -0.1) is 0 Å². The lowest BCUT2D eigenvalue weighted by atomic mass is 10.2. The van der Waals surface area contributed by atoms with E-state index in [9.17, 15) is 0 Å². The summed E-state index contributed by atoms with van der Waals surface area (Å²) >= 11 is 3.52. The normalized spacial score (nSPS) is 20.2. The van der Waals surface area contributed by atoms with Crippen molar-refractivity contribution in [1.29, 1.82) is 0 Å². The fourth-order valence-corrected chi connectivity index (χ4v) is 2.88. The number of nitrogen functional groups attached to an aromatic ring is 1. The molecule has 1 aliphatic rings. The molecule has 1 atom stereocenters. The van der Waals surface area contributed by atoms with Crippen molar-refractivity contribution in [2.75, 3.05) is 37.8 Å². The van der Waals surface area contributed by atoms with Gasteiger partial charge in [0.2, 0.25) is 0 Å². The van der Waals surface area contributed by atoms with Crippen LogP contribution in [0.15, 0.2) is 22.7 Å². The van der Waals surface area contributed by atoms with Crippen molar-refractivity contribution >= 4 is 27.3 Å². The van der Waals surface area contributed by atoms with E-state index in [2.05, 4.69) is 45.9 Å². The summed E-state index contributed by atoms with van der Waals surface area (Å²) in [6.07, 6.45) is 2.51. The zero-order valence-corrected chi connectivity index (χ0v) is 12.1. The fourth-order valence-electron chi connectivity index (χ4n) is 2.53. The molecule has 2 N–H and O–H groups in total. The fraction of sp³-hybridized carbons (Fsp3) is 0.538.